The third-order valence-electron chi connectivity index (χ3n) is 20.2. The Morgan fingerprint density at radius 3 is 1.92 bits per heavy atom. The van der Waals surface area contributed by atoms with Gasteiger partial charge in [-0.1, -0.05) is 174 Å². The Kier molecular flexibility index (Phi) is 10.7. The van der Waals surface area contributed by atoms with Crippen molar-refractivity contribution in [3.63, 3.8) is 0 Å². The summed E-state index contributed by atoms with van der Waals surface area (Å²) in [6.45, 7) is 31.7. The molecule has 5 heteroatoms. The van der Waals surface area contributed by atoms with Gasteiger partial charge in [0.25, 0.3) is 6.71 Å². The third kappa shape index (κ3) is 7.14. The van der Waals surface area contributed by atoms with Gasteiger partial charge in [0, 0.05) is 71.0 Å². The molecule has 2 atom stereocenters. The first-order valence-electron chi connectivity index (χ1n) is 29.2. The fourth-order valence-electron chi connectivity index (χ4n) is 15.4. The highest BCUT2D eigenvalue weighted by Crippen LogP contribution is 2.63. The maximum Gasteiger partial charge on any atom is 0.252 e. The van der Waals surface area contributed by atoms with Gasteiger partial charge in [-0.2, -0.15) is 0 Å². The van der Waals surface area contributed by atoms with Gasteiger partial charge in [-0.05, 0) is 183 Å². The van der Waals surface area contributed by atoms with Crippen molar-refractivity contribution in [2.24, 2.45) is 0 Å². The van der Waals surface area contributed by atoms with E-state index in [1.807, 2.05) is 11.3 Å². The zero-order chi connectivity index (χ0) is 54.2. The molecule has 0 spiro atoms. The molecular formula is C73H76BN3S. The Balaban J connectivity index is 1.09. The lowest BCUT2D eigenvalue weighted by atomic mass is 9.33. The molecule has 0 N–H and O–H groups in total. The highest BCUT2D eigenvalue weighted by molar-refractivity contribution is 7.25. The predicted molar refractivity (Wildman–Crippen MR) is 339 cm³/mol. The van der Waals surface area contributed by atoms with Crippen LogP contribution in [0.5, 0.6) is 0 Å². The first-order chi connectivity index (χ1) is 37.1. The SMILES string of the molecule is Cc1cc2c3c(c1)N1c4c(cc(C(C)(C)C)cc4C4(C)CCCCC14C)B3c1ccc(N(c3ccc4c(c3)C(C)(C)CCC4(C)C)c3ccc4c(c3)sc3ccccc34)cc1N2c1ccc(C(C)(C)C)cc1-c1ccccc1. The highest BCUT2D eigenvalue weighted by Gasteiger charge is 2.61. The second kappa shape index (κ2) is 16.7. The minimum absolute atomic E-state index is 0.00499. The molecule has 3 nitrogen and oxygen atoms in total. The zero-order valence-corrected chi connectivity index (χ0v) is 49.3. The number of rotatable bonds is 5. The molecule has 14 rings (SSSR count). The minimum Gasteiger partial charge on any atom is -0.335 e. The first-order valence-corrected chi connectivity index (χ1v) is 30.0. The minimum atomic E-state index is -0.0709. The Labute approximate surface area is 469 Å². The van der Waals surface area contributed by atoms with Crippen LogP contribution >= 0.6 is 11.3 Å². The van der Waals surface area contributed by atoms with E-state index in [1.165, 1.54) is 147 Å². The molecule has 1 saturated carbocycles. The van der Waals surface area contributed by atoms with Crippen molar-refractivity contribution in [1.82, 2.24) is 0 Å². The van der Waals surface area contributed by atoms with Gasteiger partial charge in [0.05, 0.1) is 11.2 Å². The van der Waals surface area contributed by atoms with E-state index < -0.39 is 0 Å². The Bertz CT molecular complexity index is 3980. The van der Waals surface area contributed by atoms with Gasteiger partial charge >= 0.3 is 0 Å². The van der Waals surface area contributed by atoms with Gasteiger partial charge < -0.3 is 14.7 Å². The molecular weight excluding hydrogens is 962 g/mol. The number of aryl methyl sites for hydroxylation is 1. The molecule has 4 heterocycles. The van der Waals surface area contributed by atoms with Crippen LogP contribution in [0.2, 0.25) is 0 Å². The number of benzene rings is 8. The van der Waals surface area contributed by atoms with Crippen molar-refractivity contribution in [3.8, 4) is 11.1 Å². The van der Waals surface area contributed by atoms with Gasteiger partial charge in [-0.15, -0.1) is 11.3 Å². The van der Waals surface area contributed by atoms with Crippen LogP contribution in [0.4, 0.5) is 45.5 Å². The van der Waals surface area contributed by atoms with Crippen molar-refractivity contribution in [2.75, 3.05) is 14.7 Å². The van der Waals surface area contributed by atoms with Crippen molar-refractivity contribution in [2.45, 2.75) is 161 Å². The molecule has 8 aromatic carbocycles. The largest absolute Gasteiger partial charge is 0.335 e. The van der Waals surface area contributed by atoms with Crippen molar-refractivity contribution >= 4 is 100 Å². The fourth-order valence-corrected chi connectivity index (χ4v) is 16.5. The molecule has 5 aliphatic rings. The number of nitrogens with zero attached hydrogens (tertiary/aromatic N) is 3. The molecule has 1 aromatic heterocycles. The molecule has 392 valence electrons. The molecule has 0 radical (unpaired) electrons. The molecule has 2 unspecified atom stereocenters. The lowest BCUT2D eigenvalue weighted by Crippen LogP contribution is -2.64. The van der Waals surface area contributed by atoms with Crippen molar-refractivity contribution in [1.29, 1.82) is 0 Å². The quantitative estimate of drug-likeness (QED) is 0.159. The summed E-state index contributed by atoms with van der Waals surface area (Å²) in [6.07, 6.45) is 7.23. The second-order valence-corrected chi connectivity index (χ2v) is 29.1. The molecule has 0 amide bonds. The van der Waals surface area contributed by atoms with Crippen LogP contribution in [-0.4, -0.2) is 12.3 Å². The molecule has 9 aromatic rings. The number of fused-ring (bicyclic) bond motifs is 11. The van der Waals surface area contributed by atoms with Gasteiger partial charge in [0.15, 0.2) is 0 Å². The van der Waals surface area contributed by atoms with Crippen LogP contribution in [0.15, 0.2) is 152 Å². The summed E-state index contributed by atoms with van der Waals surface area (Å²) < 4.78 is 2.64. The summed E-state index contributed by atoms with van der Waals surface area (Å²) in [5.41, 5.74) is 25.5. The van der Waals surface area contributed by atoms with E-state index in [9.17, 15) is 0 Å². The van der Waals surface area contributed by atoms with Crippen molar-refractivity contribution < 1.29 is 0 Å². The van der Waals surface area contributed by atoms with E-state index in [1.54, 1.807) is 5.56 Å². The van der Waals surface area contributed by atoms with Crippen molar-refractivity contribution in [3.05, 3.63) is 185 Å². The molecule has 0 saturated heterocycles. The van der Waals surface area contributed by atoms with E-state index >= 15 is 0 Å². The number of hydrogen-bond acceptors (Lipinski definition) is 4. The number of anilines is 8. The average molecular weight is 1040 g/mol. The molecule has 1 fully saturated rings. The zero-order valence-electron chi connectivity index (χ0n) is 48.5. The molecule has 0 bridgehead atoms. The topological polar surface area (TPSA) is 9.72 Å². The van der Waals surface area contributed by atoms with Gasteiger partial charge in [-0.25, -0.2) is 0 Å². The smallest absolute Gasteiger partial charge is 0.252 e. The summed E-state index contributed by atoms with van der Waals surface area (Å²) in [5, 5.41) is 2.64. The fraction of sp³-hybridized carbons (Fsp3) is 0.342. The van der Waals surface area contributed by atoms with E-state index in [-0.39, 0.29) is 39.3 Å². The first kappa shape index (κ1) is 49.7. The lowest BCUT2D eigenvalue weighted by Gasteiger charge is -2.53. The molecule has 78 heavy (non-hydrogen) atoms. The second-order valence-electron chi connectivity index (χ2n) is 28.0. The van der Waals surface area contributed by atoms with E-state index in [0.29, 0.717) is 0 Å². The maximum atomic E-state index is 2.90. The Morgan fingerprint density at radius 2 is 1.15 bits per heavy atom. The van der Waals surface area contributed by atoms with Gasteiger partial charge in [0.1, 0.15) is 0 Å². The van der Waals surface area contributed by atoms with E-state index in [2.05, 4.69) is 256 Å². The van der Waals surface area contributed by atoms with Gasteiger partial charge in [0.2, 0.25) is 0 Å². The molecule has 2 aliphatic carbocycles. The summed E-state index contributed by atoms with van der Waals surface area (Å²) >= 11 is 1.90. The Morgan fingerprint density at radius 1 is 0.500 bits per heavy atom. The summed E-state index contributed by atoms with van der Waals surface area (Å²) in [4.78, 5) is 8.19. The van der Waals surface area contributed by atoms with E-state index in [0.717, 1.165) is 12.1 Å². The van der Waals surface area contributed by atoms with Crippen LogP contribution in [0.1, 0.15) is 155 Å². The summed E-state index contributed by atoms with van der Waals surface area (Å²) in [7, 11) is 0. The maximum absolute atomic E-state index is 2.90. The highest BCUT2D eigenvalue weighted by atomic mass is 32.1. The van der Waals surface area contributed by atoms with Crippen LogP contribution in [0, 0.1) is 6.92 Å². The normalized spacial score (nSPS) is 20.6. The Hall–Kier alpha value is -6.56. The third-order valence-corrected chi connectivity index (χ3v) is 21.3. The standard InChI is InChI=1S/C73H76BN3S/c1-45-37-62-66-63(38-45)77-67-57(72(12)33-19-20-34-73(72,77)13)40-48(69(5,6)7)41-59(67)74(66)58-31-28-50(43-61(58)76(62)60-32-25-47(68(2,3)4)39-54(60)46-21-15-14-16-22-46)75(49-27-30-55-56(42-49)71(10,11)36-35-70(55,8)9)51-26-29-53-52-23-17-18-24-64(52)78-65(53)44-51/h14-18,21-32,37-44H,19-20,33-36H2,1-13H3. The summed E-state index contributed by atoms with van der Waals surface area (Å²) in [6, 6.07) is 60.2. The van der Waals surface area contributed by atoms with E-state index in [4.69, 9.17) is 0 Å². The molecule has 3 aliphatic heterocycles. The van der Waals surface area contributed by atoms with Crippen LogP contribution in [0.25, 0.3) is 31.3 Å². The predicted octanol–water partition coefficient (Wildman–Crippen LogP) is 18.8. The van der Waals surface area contributed by atoms with Crippen LogP contribution in [-0.2, 0) is 27.1 Å². The monoisotopic (exact) mass is 1040 g/mol. The number of thiophene rings is 1. The van der Waals surface area contributed by atoms with Gasteiger partial charge in [-0.3, -0.25) is 0 Å². The summed E-state index contributed by atoms with van der Waals surface area (Å²) in [5.74, 6) is 0. The average Bonchev–Trinajstić information content (AvgIpc) is 4.11. The number of hydrogen-bond donors (Lipinski definition) is 0. The van der Waals surface area contributed by atoms with Crippen LogP contribution in [0.3, 0.4) is 0 Å². The lowest BCUT2D eigenvalue weighted by molar-refractivity contribution is 0.195. The van der Waals surface area contributed by atoms with Crippen LogP contribution < -0.4 is 31.1 Å².